The zero-order valence-corrected chi connectivity index (χ0v) is 26.0. The number of phenolic OH excluding ortho intramolecular Hbond substituents is 2. The van der Waals surface area contributed by atoms with E-state index in [1.54, 1.807) is 0 Å². The van der Waals surface area contributed by atoms with Crippen LogP contribution < -0.4 is 4.74 Å². The minimum absolute atomic E-state index is 0.0168. The number of benzene rings is 2. The quantitative estimate of drug-likeness (QED) is 0.136. The number of aliphatic hydroxyl groups excluding tert-OH is 4. The van der Waals surface area contributed by atoms with Crippen molar-refractivity contribution in [2.24, 2.45) is 23.7 Å². The minimum Gasteiger partial charge on any atom is -0.507 e. The van der Waals surface area contributed by atoms with Crippen molar-refractivity contribution in [3.8, 4) is 17.2 Å². The Bertz CT molecular complexity index is 1450. The Morgan fingerprint density at radius 3 is 2.43 bits per heavy atom. The zero-order chi connectivity index (χ0) is 33.5. The molecule has 0 bridgehead atoms. The van der Waals surface area contributed by atoms with Crippen LogP contribution in [0.1, 0.15) is 71.7 Å². The molecule has 3 aliphatic rings. The summed E-state index contributed by atoms with van der Waals surface area (Å²) in [5.41, 5.74) is -2.63. The predicted molar refractivity (Wildman–Crippen MR) is 162 cm³/mol. The molecule has 254 valence electrons. The van der Waals surface area contributed by atoms with E-state index in [2.05, 4.69) is 0 Å². The molecule has 8 N–H and O–H groups in total. The highest BCUT2D eigenvalue weighted by Crippen LogP contribution is 2.48. The van der Waals surface area contributed by atoms with Gasteiger partial charge in [-0.3, -0.25) is 4.79 Å². The number of aliphatic hydroxyl groups is 5. The number of carboxylic acids is 1. The van der Waals surface area contributed by atoms with Crippen LogP contribution in [0.15, 0.2) is 12.1 Å². The minimum atomic E-state index is -2.08. The summed E-state index contributed by atoms with van der Waals surface area (Å²) in [7, 11) is 0. The summed E-state index contributed by atoms with van der Waals surface area (Å²) in [5.74, 6) is -2.53. The number of carboxylic acid groups (broad SMARTS) is 1. The van der Waals surface area contributed by atoms with Crippen LogP contribution in [0.25, 0.3) is 10.8 Å². The Balaban J connectivity index is 1.43. The molecule has 0 aromatic heterocycles. The number of Topliss-reactive ketones (excluding diaryl/α,β-unsaturated/α-hetero) is 1. The molecule has 0 spiro atoms. The number of ether oxygens (including phenoxy) is 3. The van der Waals surface area contributed by atoms with E-state index < -0.39 is 60.1 Å². The Kier molecular flexibility index (Phi) is 10.1. The highest BCUT2D eigenvalue weighted by atomic mass is 16.7. The van der Waals surface area contributed by atoms with Gasteiger partial charge in [0.2, 0.25) is 6.29 Å². The van der Waals surface area contributed by atoms with Gasteiger partial charge in [0.15, 0.2) is 5.78 Å². The van der Waals surface area contributed by atoms with Gasteiger partial charge in [-0.25, -0.2) is 4.79 Å². The molecule has 0 amide bonds. The van der Waals surface area contributed by atoms with Gasteiger partial charge in [-0.15, -0.1) is 0 Å². The van der Waals surface area contributed by atoms with E-state index in [4.69, 9.17) is 14.2 Å². The SMILES string of the molecule is CC(=O)c1c(C)c(O)c2cc(C(=O)O)cc(O[C@@H]3O[C@H](CO)[C@](O)(CC[C@H]4CCC[C@@H]5COC[C@@H](CCO)[C@H]45)[C@H](O)[C@H]3O)c2c1O. The average molecular weight is 649 g/mol. The molecule has 0 unspecified atom stereocenters. The molecule has 2 aromatic rings. The maximum Gasteiger partial charge on any atom is 0.335 e. The number of hydrogen-bond donors (Lipinski definition) is 8. The Morgan fingerprint density at radius 2 is 1.78 bits per heavy atom. The molecule has 1 saturated carbocycles. The van der Waals surface area contributed by atoms with E-state index in [0.717, 1.165) is 31.4 Å². The molecule has 0 radical (unpaired) electrons. The lowest BCUT2D eigenvalue weighted by atomic mass is 9.63. The summed E-state index contributed by atoms with van der Waals surface area (Å²) >= 11 is 0. The largest absolute Gasteiger partial charge is 0.507 e. The molecule has 5 rings (SSSR count). The molecule has 13 heteroatoms. The Hall–Kier alpha value is -3.04. The fraction of sp³-hybridized carbons (Fsp3) is 0.636. The number of hydrogen-bond acceptors (Lipinski definition) is 12. The highest BCUT2D eigenvalue weighted by Gasteiger charge is 2.56. The first-order valence-corrected chi connectivity index (χ1v) is 15.8. The van der Waals surface area contributed by atoms with Gasteiger partial charge in [-0.05, 0) is 75.3 Å². The third-order valence-electron chi connectivity index (χ3n) is 10.4. The fourth-order valence-electron chi connectivity index (χ4n) is 8.10. The van der Waals surface area contributed by atoms with E-state index in [-0.39, 0.29) is 64.0 Å². The van der Waals surface area contributed by atoms with Crippen LogP contribution >= 0.6 is 0 Å². The van der Waals surface area contributed by atoms with E-state index in [1.165, 1.54) is 13.8 Å². The number of carbonyl (C=O) groups excluding carboxylic acids is 1. The predicted octanol–water partition coefficient (Wildman–Crippen LogP) is 1.85. The Labute approximate surface area is 266 Å². The summed E-state index contributed by atoms with van der Waals surface area (Å²) in [5, 5.41) is 85.4. The second-order valence-corrected chi connectivity index (χ2v) is 13.1. The van der Waals surface area contributed by atoms with Gasteiger partial charge < -0.3 is 55.1 Å². The number of ketones is 1. The van der Waals surface area contributed by atoms with Crippen molar-refractivity contribution in [1.29, 1.82) is 0 Å². The lowest BCUT2D eigenvalue weighted by Gasteiger charge is -2.50. The average Bonchev–Trinajstić information content (AvgIpc) is 3.02. The van der Waals surface area contributed by atoms with Gasteiger partial charge in [0.05, 0.1) is 23.1 Å². The van der Waals surface area contributed by atoms with Crippen molar-refractivity contribution >= 4 is 22.5 Å². The standard InChI is InChI=1S/C33H44O13/c1-15-24(16(2)36)28(38)26-21(27(15)37)10-20(31(41)42)11-22(26)45-32-29(39)30(40)33(43,23(12-35)46-32)8-6-17-4-3-5-18-13-44-14-19(7-9-34)25(17)18/h10-11,17-19,23,25,29-30,32,34-35,37-40,43H,3-9,12-14H2,1-2H3,(H,41,42)/t17-,18-,19-,23-,25-,29-,30-,32-,33-/m1/s1. The lowest BCUT2D eigenvalue weighted by Crippen LogP contribution is -2.68. The van der Waals surface area contributed by atoms with E-state index >= 15 is 0 Å². The number of aromatic carboxylic acids is 1. The van der Waals surface area contributed by atoms with Crippen molar-refractivity contribution in [2.75, 3.05) is 26.4 Å². The van der Waals surface area contributed by atoms with Crippen LogP contribution in [0.2, 0.25) is 0 Å². The van der Waals surface area contributed by atoms with Crippen molar-refractivity contribution < 1.29 is 64.7 Å². The topological polar surface area (TPSA) is 224 Å². The molecule has 2 heterocycles. The molecule has 9 atom stereocenters. The number of fused-ring (bicyclic) bond motifs is 2. The zero-order valence-electron chi connectivity index (χ0n) is 26.0. The summed E-state index contributed by atoms with van der Waals surface area (Å²) in [6.45, 7) is 3.03. The number of carbonyl (C=O) groups is 2. The molecular formula is C33H44O13. The van der Waals surface area contributed by atoms with Gasteiger partial charge in [0.1, 0.15) is 41.2 Å². The number of rotatable bonds is 10. The van der Waals surface area contributed by atoms with E-state index in [0.29, 0.717) is 32.0 Å². The smallest absolute Gasteiger partial charge is 0.335 e. The van der Waals surface area contributed by atoms with Crippen LogP contribution in [-0.4, -0.2) is 109 Å². The number of phenols is 2. The van der Waals surface area contributed by atoms with Crippen LogP contribution in [0.3, 0.4) is 0 Å². The summed E-state index contributed by atoms with van der Waals surface area (Å²) in [6.07, 6.45) is -3.03. The third kappa shape index (κ3) is 6.05. The molecule has 3 fully saturated rings. The van der Waals surface area contributed by atoms with Crippen LogP contribution in [0.4, 0.5) is 0 Å². The van der Waals surface area contributed by atoms with Crippen LogP contribution in [0, 0.1) is 30.6 Å². The summed E-state index contributed by atoms with van der Waals surface area (Å²) < 4.78 is 17.5. The van der Waals surface area contributed by atoms with Crippen LogP contribution in [-0.2, 0) is 9.47 Å². The van der Waals surface area contributed by atoms with Gasteiger partial charge in [-0.1, -0.05) is 12.8 Å². The lowest BCUT2D eigenvalue weighted by molar-refractivity contribution is -0.315. The molecule has 2 aromatic carbocycles. The first-order chi connectivity index (χ1) is 21.8. The van der Waals surface area contributed by atoms with Gasteiger partial charge in [0.25, 0.3) is 0 Å². The van der Waals surface area contributed by atoms with Crippen LogP contribution in [0.5, 0.6) is 17.2 Å². The first-order valence-electron chi connectivity index (χ1n) is 15.8. The molecule has 1 aliphatic carbocycles. The normalized spacial score (nSPS) is 33.0. The highest BCUT2D eigenvalue weighted by molar-refractivity contribution is 6.11. The van der Waals surface area contributed by atoms with Crippen molar-refractivity contribution in [3.63, 3.8) is 0 Å². The maximum atomic E-state index is 12.3. The van der Waals surface area contributed by atoms with Crippen molar-refractivity contribution in [3.05, 3.63) is 28.8 Å². The third-order valence-corrected chi connectivity index (χ3v) is 10.4. The molecule has 2 saturated heterocycles. The van der Waals surface area contributed by atoms with Gasteiger partial charge in [-0.2, -0.15) is 0 Å². The maximum absolute atomic E-state index is 12.3. The molecule has 2 aliphatic heterocycles. The second-order valence-electron chi connectivity index (χ2n) is 13.1. The van der Waals surface area contributed by atoms with E-state index in [1.807, 2.05) is 0 Å². The molecular weight excluding hydrogens is 604 g/mol. The van der Waals surface area contributed by atoms with Gasteiger partial charge >= 0.3 is 5.97 Å². The summed E-state index contributed by atoms with van der Waals surface area (Å²) in [6, 6.07) is 2.11. The second kappa shape index (κ2) is 13.6. The molecule has 13 nitrogen and oxygen atoms in total. The van der Waals surface area contributed by atoms with Crippen molar-refractivity contribution in [2.45, 2.75) is 82.6 Å². The first kappa shape index (κ1) is 34.3. The Morgan fingerprint density at radius 1 is 1.04 bits per heavy atom. The van der Waals surface area contributed by atoms with Gasteiger partial charge in [0, 0.05) is 30.8 Å². The fourth-order valence-corrected chi connectivity index (χ4v) is 8.10. The van der Waals surface area contributed by atoms with E-state index in [9.17, 15) is 50.4 Å². The number of aromatic hydroxyl groups is 2. The molecule has 46 heavy (non-hydrogen) atoms. The van der Waals surface area contributed by atoms with Crippen molar-refractivity contribution in [1.82, 2.24) is 0 Å². The monoisotopic (exact) mass is 648 g/mol. The summed E-state index contributed by atoms with van der Waals surface area (Å²) in [4.78, 5) is 24.3.